The van der Waals surface area contributed by atoms with Crippen molar-refractivity contribution >= 4 is 5.91 Å². The third kappa shape index (κ3) is 3.27. The first kappa shape index (κ1) is 18.9. The number of aromatic amines is 1. The summed E-state index contributed by atoms with van der Waals surface area (Å²) in [7, 11) is 0. The number of ether oxygens (including phenoxy) is 2. The zero-order chi connectivity index (χ0) is 20.5. The van der Waals surface area contributed by atoms with Crippen LogP contribution < -0.4 is 4.74 Å². The molecular weight excluding hydrogens is 378 g/mol. The monoisotopic (exact) mass is 403 g/mol. The predicted octanol–water partition coefficient (Wildman–Crippen LogP) is 4.20. The minimum absolute atomic E-state index is 0.0194. The lowest BCUT2D eigenvalue weighted by molar-refractivity contribution is 0.0495. The van der Waals surface area contributed by atoms with Crippen molar-refractivity contribution in [2.24, 2.45) is 0 Å². The lowest BCUT2D eigenvalue weighted by Gasteiger charge is -2.28. The van der Waals surface area contributed by atoms with E-state index in [1.165, 1.54) is 0 Å². The molecule has 1 amide bonds. The van der Waals surface area contributed by atoms with Crippen molar-refractivity contribution in [3.63, 3.8) is 0 Å². The van der Waals surface area contributed by atoms with Gasteiger partial charge in [-0.25, -0.2) is 0 Å². The first-order valence-electron chi connectivity index (χ1n) is 10.5. The Morgan fingerprint density at radius 1 is 1.17 bits per heavy atom. The smallest absolute Gasteiger partial charge is 0.273 e. The summed E-state index contributed by atoms with van der Waals surface area (Å²) >= 11 is 0. The van der Waals surface area contributed by atoms with Crippen molar-refractivity contribution < 1.29 is 14.3 Å². The zero-order valence-electron chi connectivity index (χ0n) is 17.0. The van der Waals surface area contributed by atoms with E-state index in [-0.39, 0.29) is 18.1 Å². The molecule has 2 atom stereocenters. The highest BCUT2D eigenvalue weighted by molar-refractivity contribution is 6.00. The van der Waals surface area contributed by atoms with E-state index < -0.39 is 0 Å². The Morgan fingerprint density at radius 3 is 2.67 bits per heavy atom. The molecule has 3 heterocycles. The third-order valence-electron chi connectivity index (χ3n) is 5.84. The number of nitrogens with one attached hydrogen (secondary N) is 1. The van der Waals surface area contributed by atoms with E-state index in [0.717, 1.165) is 47.6 Å². The number of fused-ring (bicyclic) bond motifs is 1. The first-order valence-corrected chi connectivity index (χ1v) is 10.5. The van der Waals surface area contributed by atoms with Crippen molar-refractivity contribution in [2.45, 2.75) is 31.9 Å². The Kier molecular flexibility index (Phi) is 5.01. The van der Waals surface area contributed by atoms with Crippen molar-refractivity contribution in [3.8, 4) is 17.0 Å². The van der Waals surface area contributed by atoms with Crippen LogP contribution >= 0.6 is 0 Å². The number of rotatable bonds is 6. The summed E-state index contributed by atoms with van der Waals surface area (Å²) in [6, 6.07) is 17.8. The normalized spacial score (nSPS) is 20.6. The maximum Gasteiger partial charge on any atom is 0.273 e. The molecule has 6 heteroatoms. The van der Waals surface area contributed by atoms with E-state index in [4.69, 9.17) is 9.47 Å². The van der Waals surface area contributed by atoms with Crippen molar-refractivity contribution in [1.29, 1.82) is 0 Å². The average molecular weight is 403 g/mol. The fraction of sp³-hybridized carbons (Fsp3) is 0.333. The Balaban J connectivity index is 1.58. The topological polar surface area (TPSA) is 67.5 Å². The minimum atomic E-state index is -0.207. The molecule has 154 valence electrons. The number of hydrogen-bond donors (Lipinski definition) is 1. The van der Waals surface area contributed by atoms with Crippen molar-refractivity contribution in [1.82, 2.24) is 15.1 Å². The van der Waals surface area contributed by atoms with E-state index in [1.807, 2.05) is 66.4 Å². The quantitative estimate of drug-likeness (QED) is 0.670. The molecule has 2 unspecified atom stereocenters. The van der Waals surface area contributed by atoms with Gasteiger partial charge in [-0.3, -0.25) is 9.89 Å². The molecule has 5 rings (SSSR count). The first-order chi connectivity index (χ1) is 14.8. The summed E-state index contributed by atoms with van der Waals surface area (Å²) in [6.07, 6.45) is 2.11. The number of amides is 1. The lowest BCUT2D eigenvalue weighted by atomic mass is 9.96. The molecule has 6 nitrogen and oxygen atoms in total. The van der Waals surface area contributed by atoms with Crippen molar-refractivity contribution in [3.05, 3.63) is 71.4 Å². The van der Waals surface area contributed by atoms with Gasteiger partial charge in [0.05, 0.1) is 24.4 Å². The van der Waals surface area contributed by atoms with Gasteiger partial charge in [0.15, 0.2) is 0 Å². The second-order valence-electron chi connectivity index (χ2n) is 7.72. The molecule has 0 spiro atoms. The Morgan fingerprint density at radius 2 is 1.97 bits per heavy atom. The van der Waals surface area contributed by atoms with Gasteiger partial charge in [0, 0.05) is 24.3 Å². The summed E-state index contributed by atoms with van der Waals surface area (Å²) in [4.78, 5) is 15.3. The van der Waals surface area contributed by atoms with Gasteiger partial charge in [0.25, 0.3) is 5.91 Å². The maximum absolute atomic E-state index is 13.4. The average Bonchev–Trinajstić information content (AvgIpc) is 3.50. The van der Waals surface area contributed by atoms with Crippen LogP contribution in [-0.2, 0) is 4.74 Å². The van der Waals surface area contributed by atoms with Crippen LogP contribution in [-0.4, -0.2) is 46.9 Å². The van der Waals surface area contributed by atoms with Gasteiger partial charge in [-0.2, -0.15) is 5.10 Å². The van der Waals surface area contributed by atoms with Crippen LogP contribution in [0.15, 0.2) is 54.6 Å². The van der Waals surface area contributed by atoms with Crippen LogP contribution in [0, 0.1) is 0 Å². The van der Waals surface area contributed by atoms with Crippen LogP contribution in [0.25, 0.3) is 11.3 Å². The third-order valence-corrected chi connectivity index (χ3v) is 5.84. The Hall–Kier alpha value is -3.12. The standard InChI is InChI=1S/C24H25N3O3/c1-2-29-18-12-10-17(11-13-18)23-20-21(16-7-4-3-5-8-16)25-26-22(20)24(28)27(23)15-19-9-6-14-30-19/h3-5,7-8,10-13,19,23H,2,6,9,14-15H2,1H3,(H,25,26). The van der Waals surface area contributed by atoms with E-state index >= 15 is 0 Å². The number of aromatic nitrogens is 2. The van der Waals surface area contributed by atoms with Gasteiger partial charge in [-0.1, -0.05) is 42.5 Å². The molecule has 1 aromatic heterocycles. The number of carbonyl (C=O) groups is 1. The fourth-order valence-corrected chi connectivity index (χ4v) is 4.47. The molecule has 2 aliphatic rings. The van der Waals surface area contributed by atoms with Gasteiger partial charge >= 0.3 is 0 Å². The molecule has 0 saturated carbocycles. The van der Waals surface area contributed by atoms with E-state index in [2.05, 4.69) is 10.2 Å². The molecule has 30 heavy (non-hydrogen) atoms. The largest absolute Gasteiger partial charge is 0.494 e. The number of hydrogen-bond acceptors (Lipinski definition) is 4. The summed E-state index contributed by atoms with van der Waals surface area (Å²) in [6.45, 7) is 3.93. The fourth-order valence-electron chi connectivity index (χ4n) is 4.47. The summed E-state index contributed by atoms with van der Waals surface area (Å²) in [5, 5.41) is 7.53. The van der Waals surface area contributed by atoms with Gasteiger partial charge in [-0.15, -0.1) is 0 Å². The Labute approximate surface area is 175 Å². The zero-order valence-corrected chi connectivity index (χ0v) is 17.0. The molecule has 0 radical (unpaired) electrons. The summed E-state index contributed by atoms with van der Waals surface area (Å²) in [5.41, 5.74) is 4.38. The Bertz CT molecular complexity index is 1020. The predicted molar refractivity (Wildman–Crippen MR) is 113 cm³/mol. The molecule has 0 aliphatic carbocycles. The molecule has 1 fully saturated rings. The maximum atomic E-state index is 13.4. The molecule has 2 aromatic carbocycles. The van der Waals surface area contributed by atoms with Crippen LogP contribution in [0.4, 0.5) is 0 Å². The molecule has 1 N–H and O–H groups in total. The van der Waals surface area contributed by atoms with Crippen LogP contribution in [0.5, 0.6) is 5.75 Å². The van der Waals surface area contributed by atoms with Crippen LogP contribution in [0.1, 0.15) is 47.4 Å². The highest BCUT2D eigenvalue weighted by Gasteiger charge is 2.43. The summed E-state index contributed by atoms with van der Waals surface area (Å²) < 4.78 is 11.5. The second-order valence-corrected chi connectivity index (χ2v) is 7.72. The van der Waals surface area contributed by atoms with Gasteiger partial charge in [-0.05, 0) is 37.5 Å². The second kappa shape index (κ2) is 7.95. The molecular formula is C24H25N3O3. The highest BCUT2D eigenvalue weighted by Crippen LogP contribution is 2.43. The minimum Gasteiger partial charge on any atom is -0.494 e. The number of H-pyrrole nitrogens is 1. The van der Waals surface area contributed by atoms with E-state index in [0.29, 0.717) is 18.8 Å². The van der Waals surface area contributed by atoms with Crippen LogP contribution in [0.2, 0.25) is 0 Å². The number of nitrogens with zero attached hydrogens (tertiary/aromatic N) is 2. The lowest BCUT2D eigenvalue weighted by Crippen LogP contribution is -2.36. The molecule has 1 saturated heterocycles. The SMILES string of the molecule is CCOc1ccc(C2c3c(-c4ccccc4)n[nH]c3C(=O)N2CC2CCCO2)cc1. The number of carbonyl (C=O) groups excluding carboxylic acids is 1. The van der Waals surface area contributed by atoms with Crippen molar-refractivity contribution in [2.75, 3.05) is 19.8 Å². The van der Waals surface area contributed by atoms with Crippen LogP contribution in [0.3, 0.4) is 0 Å². The summed E-state index contributed by atoms with van der Waals surface area (Å²) in [5.74, 6) is 0.806. The highest BCUT2D eigenvalue weighted by atomic mass is 16.5. The van der Waals surface area contributed by atoms with E-state index in [9.17, 15) is 4.79 Å². The van der Waals surface area contributed by atoms with Gasteiger partial charge in [0.2, 0.25) is 0 Å². The van der Waals surface area contributed by atoms with Gasteiger partial charge < -0.3 is 14.4 Å². The van der Waals surface area contributed by atoms with Gasteiger partial charge in [0.1, 0.15) is 11.4 Å². The molecule has 3 aromatic rings. The van der Waals surface area contributed by atoms with E-state index in [1.54, 1.807) is 0 Å². The molecule has 0 bridgehead atoms. The molecule has 2 aliphatic heterocycles. The number of benzene rings is 2.